The van der Waals surface area contributed by atoms with Gasteiger partial charge in [0.25, 0.3) is 11.8 Å². The lowest BCUT2D eigenvalue weighted by molar-refractivity contribution is -0.120. The van der Waals surface area contributed by atoms with Crippen LogP contribution in [0.5, 0.6) is 17.2 Å². The molecule has 0 atom stereocenters. The number of hydrogen-bond acceptors (Lipinski definition) is 6. The number of imide groups is 1. The number of nitrogens with one attached hydrogen (secondary N) is 1. The highest BCUT2D eigenvalue weighted by molar-refractivity contribution is 6.46. The molecule has 1 N–H and O–H groups in total. The normalized spacial score (nSPS) is 13.4. The molecule has 4 rings (SSSR count). The summed E-state index contributed by atoms with van der Waals surface area (Å²) < 4.78 is 29.7. The summed E-state index contributed by atoms with van der Waals surface area (Å²) in [6.45, 7) is 2.28. The molecule has 174 valence electrons. The van der Waals surface area contributed by atoms with Crippen LogP contribution in [0.2, 0.25) is 0 Å². The first kappa shape index (κ1) is 22.8. The van der Waals surface area contributed by atoms with Crippen molar-refractivity contribution in [1.29, 1.82) is 0 Å². The van der Waals surface area contributed by atoms with Crippen molar-refractivity contribution >= 4 is 28.8 Å². The summed E-state index contributed by atoms with van der Waals surface area (Å²) in [4.78, 5) is 28.2. The van der Waals surface area contributed by atoms with Gasteiger partial charge < -0.3 is 19.5 Å². The Hall–Kier alpha value is -4.33. The third-order valence-corrected chi connectivity index (χ3v) is 5.22. The Morgan fingerprint density at radius 2 is 1.53 bits per heavy atom. The highest BCUT2D eigenvalue weighted by Crippen LogP contribution is 2.36. The predicted molar refractivity (Wildman–Crippen MR) is 127 cm³/mol. The minimum atomic E-state index is -0.556. The fourth-order valence-corrected chi connectivity index (χ4v) is 3.67. The van der Waals surface area contributed by atoms with E-state index in [4.69, 9.17) is 14.2 Å². The van der Waals surface area contributed by atoms with E-state index >= 15 is 0 Å². The third kappa shape index (κ3) is 4.43. The molecule has 0 fully saturated rings. The summed E-state index contributed by atoms with van der Waals surface area (Å²) in [5.74, 6) is -0.00709. The molecule has 0 saturated carbocycles. The average molecular weight is 462 g/mol. The minimum Gasteiger partial charge on any atom is -0.497 e. The number of halogens is 1. The molecule has 0 radical (unpaired) electrons. The highest BCUT2D eigenvalue weighted by Gasteiger charge is 2.40. The van der Waals surface area contributed by atoms with Crippen LogP contribution >= 0.6 is 0 Å². The van der Waals surface area contributed by atoms with Gasteiger partial charge in [-0.1, -0.05) is 18.2 Å². The number of rotatable bonds is 8. The van der Waals surface area contributed by atoms with Gasteiger partial charge >= 0.3 is 0 Å². The second-order valence-electron chi connectivity index (χ2n) is 7.36. The summed E-state index contributed by atoms with van der Waals surface area (Å²) in [5.41, 5.74) is 1.42. The van der Waals surface area contributed by atoms with Crippen LogP contribution in [-0.4, -0.2) is 32.6 Å². The molecule has 1 aliphatic heterocycles. The van der Waals surface area contributed by atoms with Gasteiger partial charge in [0.05, 0.1) is 32.1 Å². The molecule has 34 heavy (non-hydrogen) atoms. The summed E-state index contributed by atoms with van der Waals surface area (Å²) in [6.07, 6.45) is 0. The highest BCUT2D eigenvalue weighted by atomic mass is 19.1. The topological polar surface area (TPSA) is 77.1 Å². The van der Waals surface area contributed by atoms with Crippen molar-refractivity contribution in [3.05, 3.63) is 83.8 Å². The summed E-state index contributed by atoms with van der Waals surface area (Å²) in [7, 11) is 3.03. The zero-order valence-electron chi connectivity index (χ0n) is 18.9. The molecular weight excluding hydrogens is 439 g/mol. The standard InChI is InChI=1S/C26H23FN2O5/c1-4-34-20-7-5-6-19(14-20)29-25(30)23(16-8-10-17(27)11-9-16)24(26(29)31)28-18-12-21(32-2)15-22(13-18)33-3/h5-15,28H,4H2,1-3H3. The minimum absolute atomic E-state index is 0.0497. The monoisotopic (exact) mass is 462 g/mol. The Morgan fingerprint density at radius 3 is 2.15 bits per heavy atom. The second kappa shape index (κ2) is 9.66. The molecule has 0 aromatic heterocycles. The first-order valence-corrected chi connectivity index (χ1v) is 10.6. The van der Waals surface area contributed by atoms with Crippen LogP contribution in [0.4, 0.5) is 15.8 Å². The maximum Gasteiger partial charge on any atom is 0.282 e. The van der Waals surface area contributed by atoms with Crippen LogP contribution in [0.1, 0.15) is 12.5 Å². The Morgan fingerprint density at radius 1 is 0.853 bits per heavy atom. The fraction of sp³-hybridized carbons (Fsp3) is 0.154. The Labute approximate surface area is 196 Å². The molecule has 0 saturated heterocycles. The zero-order valence-corrected chi connectivity index (χ0v) is 18.9. The van der Waals surface area contributed by atoms with Crippen molar-refractivity contribution < 1.29 is 28.2 Å². The largest absolute Gasteiger partial charge is 0.497 e. The van der Waals surface area contributed by atoms with Crippen LogP contribution < -0.4 is 24.4 Å². The van der Waals surface area contributed by atoms with Gasteiger partial charge in [0.15, 0.2) is 0 Å². The lowest BCUT2D eigenvalue weighted by Crippen LogP contribution is -2.32. The van der Waals surface area contributed by atoms with E-state index in [2.05, 4.69) is 5.32 Å². The van der Waals surface area contributed by atoms with Crippen LogP contribution in [0.25, 0.3) is 5.57 Å². The third-order valence-electron chi connectivity index (χ3n) is 5.22. The van der Waals surface area contributed by atoms with Crippen molar-refractivity contribution in [2.75, 3.05) is 31.0 Å². The van der Waals surface area contributed by atoms with Gasteiger partial charge in [-0.05, 0) is 36.8 Å². The van der Waals surface area contributed by atoms with E-state index in [1.54, 1.807) is 42.5 Å². The number of amides is 2. The van der Waals surface area contributed by atoms with E-state index in [0.717, 1.165) is 4.90 Å². The van der Waals surface area contributed by atoms with E-state index in [-0.39, 0.29) is 11.3 Å². The van der Waals surface area contributed by atoms with Crippen molar-refractivity contribution in [1.82, 2.24) is 0 Å². The van der Waals surface area contributed by atoms with E-state index in [1.165, 1.54) is 38.5 Å². The summed E-state index contributed by atoms with van der Waals surface area (Å²) in [6, 6.07) is 17.2. The first-order chi connectivity index (χ1) is 16.4. The maximum absolute atomic E-state index is 13.6. The van der Waals surface area contributed by atoms with Crippen LogP contribution in [-0.2, 0) is 9.59 Å². The van der Waals surface area contributed by atoms with Gasteiger partial charge in [-0.25, -0.2) is 9.29 Å². The smallest absolute Gasteiger partial charge is 0.282 e. The number of hydrogen-bond donors (Lipinski definition) is 1. The quantitative estimate of drug-likeness (QED) is 0.492. The lowest BCUT2D eigenvalue weighted by Gasteiger charge is -2.17. The Kier molecular flexibility index (Phi) is 6.49. The molecule has 0 aliphatic carbocycles. The maximum atomic E-state index is 13.6. The Bertz CT molecular complexity index is 1250. The van der Waals surface area contributed by atoms with E-state index in [0.29, 0.717) is 40.8 Å². The molecule has 8 heteroatoms. The van der Waals surface area contributed by atoms with Gasteiger partial charge in [0.2, 0.25) is 0 Å². The van der Waals surface area contributed by atoms with Gasteiger partial charge in [0, 0.05) is 30.0 Å². The number of ether oxygens (including phenoxy) is 3. The molecule has 2 amide bonds. The van der Waals surface area contributed by atoms with Crippen molar-refractivity contribution in [3.63, 3.8) is 0 Å². The van der Waals surface area contributed by atoms with Crippen molar-refractivity contribution in [2.24, 2.45) is 0 Å². The Balaban J connectivity index is 1.81. The molecular formula is C26H23FN2O5. The second-order valence-corrected chi connectivity index (χ2v) is 7.36. The molecule has 1 heterocycles. The molecule has 3 aromatic carbocycles. The number of methoxy groups -OCH3 is 2. The molecule has 7 nitrogen and oxygen atoms in total. The van der Waals surface area contributed by atoms with E-state index < -0.39 is 17.6 Å². The molecule has 1 aliphatic rings. The first-order valence-electron chi connectivity index (χ1n) is 10.6. The number of benzene rings is 3. The molecule has 0 unspecified atom stereocenters. The van der Waals surface area contributed by atoms with E-state index in [9.17, 15) is 14.0 Å². The average Bonchev–Trinajstić information content (AvgIpc) is 3.08. The number of carbonyl (C=O) groups excluding carboxylic acids is 2. The molecule has 0 spiro atoms. The van der Waals surface area contributed by atoms with Crippen molar-refractivity contribution in [2.45, 2.75) is 6.92 Å². The van der Waals surface area contributed by atoms with Crippen LogP contribution in [0.15, 0.2) is 72.4 Å². The van der Waals surface area contributed by atoms with Crippen LogP contribution in [0.3, 0.4) is 0 Å². The van der Waals surface area contributed by atoms with Gasteiger partial charge in [0.1, 0.15) is 28.8 Å². The number of carbonyl (C=O) groups is 2. The lowest BCUT2D eigenvalue weighted by atomic mass is 10.0. The van der Waals surface area contributed by atoms with E-state index in [1.807, 2.05) is 6.92 Å². The SMILES string of the molecule is CCOc1cccc(N2C(=O)C(Nc3cc(OC)cc(OC)c3)=C(c3ccc(F)cc3)C2=O)c1. The predicted octanol–water partition coefficient (Wildman–Crippen LogP) is 4.64. The fourth-order valence-electron chi connectivity index (χ4n) is 3.67. The van der Waals surface area contributed by atoms with Crippen LogP contribution in [0, 0.1) is 5.82 Å². The zero-order chi connectivity index (χ0) is 24.2. The van der Waals surface area contributed by atoms with Crippen molar-refractivity contribution in [3.8, 4) is 17.2 Å². The summed E-state index contributed by atoms with van der Waals surface area (Å²) in [5, 5.41) is 3.06. The number of nitrogens with zero attached hydrogens (tertiary/aromatic N) is 1. The molecule has 3 aromatic rings. The number of anilines is 2. The van der Waals surface area contributed by atoms with Gasteiger partial charge in [-0.3, -0.25) is 9.59 Å². The van der Waals surface area contributed by atoms with Gasteiger partial charge in [-0.2, -0.15) is 0 Å². The molecule has 0 bridgehead atoms. The van der Waals surface area contributed by atoms with Gasteiger partial charge in [-0.15, -0.1) is 0 Å². The summed E-state index contributed by atoms with van der Waals surface area (Å²) >= 11 is 0.